The minimum Gasteiger partial charge on any atom is -0.493 e. The van der Waals surface area contributed by atoms with Gasteiger partial charge >= 0.3 is 0 Å². The molecule has 0 spiro atoms. The Hall–Kier alpha value is -1.53. The molecule has 1 N–H and O–H groups in total. The molecule has 6 heteroatoms. The second kappa shape index (κ2) is 7.15. The summed E-state index contributed by atoms with van der Waals surface area (Å²) in [7, 11) is 0. The Kier molecular flexibility index (Phi) is 5.00. The molecule has 3 rings (SSSR count). The molecular formula is C16H18N2O2S2. The van der Waals surface area contributed by atoms with Crippen molar-refractivity contribution in [3.8, 4) is 5.75 Å². The number of nitrogens with zero attached hydrogens (tertiary/aromatic N) is 1. The van der Waals surface area contributed by atoms with E-state index in [1.165, 1.54) is 16.9 Å². The van der Waals surface area contributed by atoms with E-state index in [4.69, 9.17) is 4.74 Å². The molecular weight excluding hydrogens is 316 g/mol. The molecule has 0 saturated heterocycles. The van der Waals surface area contributed by atoms with Crippen LogP contribution in [0.2, 0.25) is 0 Å². The fourth-order valence-corrected chi connectivity index (χ4v) is 3.76. The van der Waals surface area contributed by atoms with Crippen LogP contribution in [-0.4, -0.2) is 30.3 Å². The summed E-state index contributed by atoms with van der Waals surface area (Å²) < 4.78 is 6.68. The second-order valence-electron chi connectivity index (χ2n) is 5.23. The zero-order valence-corrected chi connectivity index (χ0v) is 14.0. The van der Waals surface area contributed by atoms with Crippen molar-refractivity contribution in [2.45, 2.75) is 17.2 Å². The van der Waals surface area contributed by atoms with E-state index in [1.54, 1.807) is 11.8 Å². The van der Waals surface area contributed by atoms with Crippen LogP contribution in [0.3, 0.4) is 0 Å². The number of aromatic nitrogens is 1. The van der Waals surface area contributed by atoms with E-state index in [1.807, 2.05) is 29.8 Å². The van der Waals surface area contributed by atoms with E-state index in [2.05, 4.69) is 16.4 Å². The summed E-state index contributed by atoms with van der Waals surface area (Å²) in [5, 5.41) is 4.82. The number of para-hydroxylation sites is 1. The number of thioether (sulfide) groups is 1. The lowest BCUT2D eigenvalue weighted by molar-refractivity contribution is 0.0940. The van der Waals surface area contributed by atoms with Crippen molar-refractivity contribution in [3.05, 3.63) is 40.9 Å². The van der Waals surface area contributed by atoms with Gasteiger partial charge in [0.15, 0.2) is 0 Å². The lowest BCUT2D eigenvalue weighted by atomic mass is 9.97. The molecule has 2 aromatic rings. The highest BCUT2D eigenvalue weighted by Crippen LogP contribution is 2.26. The second-order valence-corrected chi connectivity index (χ2v) is 7.14. The molecule has 0 unspecified atom stereocenters. The highest BCUT2D eigenvalue weighted by Gasteiger charge is 2.19. The first kappa shape index (κ1) is 15.4. The Balaban J connectivity index is 1.58. The van der Waals surface area contributed by atoms with Gasteiger partial charge in [0.2, 0.25) is 0 Å². The number of carbonyl (C=O) groups is 1. The average molecular weight is 334 g/mol. The molecule has 1 aromatic heterocycles. The number of nitrogens with one attached hydrogen (secondary N) is 1. The number of thiazole rings is 1. The molecule has 1 aromatic carbocycles. The van der Waals surface area contributed by atoms with E-state index in [0.29, 0.717) is 24.8 Å². The third-order valence-corrected chi connectivity index (χ3v) is 5.57. The summed E-state index contributed by atoms with van der Waals surface area (Å²) in [6, 6.07) is 8.13. The van der Waals surface area contributed by atoms with Crippen molar-refractivity contribution in [3.63, 3.8) is 0 Å². The van der Waals surface area contributed by atoms with Gasteiger partial charge in [-0.3, -0.25) is 4.79 Å². The van der Waals surface area contributed by atoms with Crippen LogP contribution in [0, 0.1) is 5.92 Å². The van der Waals surface area contributed by atoms with Crippen molar-refractivity contribution >= 4 is 29.0 Å². The van der Waals surface area contributed by atoms with Crippen molar-refractivity contribution < 1.29 is 9.53 Å². The number of amides is 1. The number of rotatable bonds is 4. The largest absolute Gasteiger partial charge is 0.493 e. The monoisotopic (exact) mass is 334 g/mol. The molecule has 1 aliphatic heterocycles. The Bertz CT molecular complexity index is 657. The van der Waals surface area contributed by atoms with Gasteiger partial charge in [0.05, 0.1) is 6.61 Å². The van der Waals surface area contributed by atoms with Gasteiger partial charge in [-0.15, -0.1) is 11.3 Å². The van der Waals surface area contributed by atoms with Gasteiger partial charge < -0.3 is 10.1 Å². The maximum Gasteiger partial charge on any atom is 0.270 e. The van der Waals surface area contributed by atoms with Gasteiger partial charge in [-0.2, -0.15) is 0 Å². The smallest absolute Gasteiger partial charge is 0.270 e. The van der Waals surface area contributed by atoms with Gasteiger partial charge in [-0.25, -0.2) is 4.98 Å². The van der Waals surface area contributed by atoms with Crippen LogP contribution < -0.4 is 10.1 Å². The van der Waals surface area contributed by atoms with Gasteiger partial charge in [-0.05, 0) is 36.6 Å². The number of hydrogen-bond donors (Lipinski definition) is 1. The Morgan fingerprint density at radius 2 is 2.36 bits per heavy atom. The Morgan fingerprint density at radius 1 is 1.50 bits per heavy atom. The molecule has 0 fully saturated rings. The number of fused-ring (bicyclic) bond motifs is 1. The van der Waals surface area contributed by atoms with Gasteiger partial charge in [0.1, 0.15) is 15.8 Å². The Morgan fingerprint density at radius 3 is 3.18 bits per heavy atom. The molecule has 2 heterocycles. The van der Waals surface area contributed by atoms with Crippen LogP contribution in [0.25, 0.3) is 0 Å². The quantitative estimate of drug-likeness (QED) is 0.872. The van der Waals surface area contributed by atoms with Gasteiger partial charge in [0, 0.05) is 11.9 Å². The third kappa shape index (κ3) is 3.62. The lowest BCUT2D eigenvalue weighted by Crippen LogP contribution is -2.30. The van der Waals surface area contributed by atoms with E-state index in [-0.39, 0.29) is 5.91 Å². The maximum atomic E-state index is 12.1. The molecule has 116 valence electrons. The maximum absolute atomic E-state index is 12.1. The van der Waals surface area contributed by atoms with Crippen molar-refractivity contribution in [1.29, 1.82) is 0 Å². The van der Waals surface area contributed by atoms with E-state index in [9.17, 15) is 4.79 Å². The molecule has 1 aliphatic rings. The first-order chi connectivity index (χ1) is 10.8. The molecule has 0 radical (unpaired) electrons. The van der Waals surface area contributed by atoms with Crippen LogP contribution in [0.15, 0.2) is 34.0 Å². The summed E-state index contributed by atoms with van der Waals surface area (Å²) in [5.74, 6) is 1.28. The first-order valence-electron chi connectivity index (χ1n) is 7.24. The minimum absolute atomic E-state index is 0.0880. The fourth-order valence-electron chi connectivity index (χ4n) is 2.52. The highest BCUT2D eigenvalue weighted by molar-refractivity contribution is 8.00. The van der Waals surface area contributed by atoms with Crippen LogP contribution in [0.5, 0.6) is 5.75 Å². The molecule has 1 amide bonds. The predicted octanol–water partition coefficient (Wildman–Crippen LogP) is 3.24. The van der Waals surface area contributed by atoms with Crippen LogP contribution in [0.4, 0.5) is 0 Å². The Labute approximate surface area is 138 Å². The standard InChI is InChI=1S/C16H18N2O2S2/c1-21-16-18-13(10-22-16)15(19)17-9-11-6-7-20-14-5-3-2-4-12(14)8-11/h2-5,10-11H,6-9H2,1H3,(H,17,19)/t11-/m0/s1. The highest BCUT2D eigenvalue weighted by atomic mass is 32.2. The zero-order valence-electron chi connectivity index (χ0n) is 12.4. The molecule has 0 bridgehead atoms. The lowest BCUT2D eigenvalue weighted by Gasteiger charge is -2.14. The number of ether oxygens (including phenoxy) is 1. The summed E-state index contributed by atoms with van der Waals surface area (Å²) in [6.07, 6.45) is 3.84. The van der Waals surface area contributed by atoms with Crippen LogP contribution >= 0.6 is 23.1 Å². The summed E-state index contributed by atoms with van der Waals surface area (Å²) in [5.41, 5.74) is 1.73. The molecule has 1 atom stereocenters. The van der Waals surface area contributed by atoms with E-state index in [0.717, 1.165) is 22.9 Å². The molecule has 0 aliphatic carbocycles. The first-order valence-corrected chi connectivity index (χ1v) is 9.35. The number of hydrogen-bond acceptors (Lipinski definition) is 5. The predicted molar refractivity (Wildman–Crippen MR) is 90.0 cm³/mol. The normalized spacial score (nSPS) is 17.2. The summed E-state index contributed by atoms with van der Waals surface area (Å²) in [4.78, 5) is 16.4. The van der Waals surface area contributed by atoms with Crippen LogP contribution in [-0.2, 0) is 6.42 Å². The molecule has 22 heavy (non-hydrogen) atoms. The van der Waals surface area contributed by atoms with Gasteiger partial charge in [-0.1, -0.05) is 30.0 Å². The van der Waals surface area contributed by atoms with E-state index < -0.39 is 0 Å². The van der Waals surface area contributed by atoms with Crippen molar-refractivity contribution in [2.24, 2.45) is 5.92 Å². The van der Waals surface area contributed by atoms with Crippen molar-refractivity contribution in [1.82, 2.24) is 10.3 Å². The summed E-state index contributed by atoms with van der Waals surface area (Å²) >= 11 is 3.06. The zero-order chi connectivity index (χ0) is 15.4. The van der Waals surface area contributed by atoms with Gasteiger partial charge in [0.25, 0.3) is 5.91 Å². The third-order valence-electron chi connectivity index (χ3n) is 3.71. The fraction of sp³-hybridized carbons (Fsp3) is 0.375. The van der Waals surface area contributed by atoms with E-state index >= 15 is 0 Å². The minimum atomic E-state index is -0.0880. The topological polar surface area (TPSA) is 51.2 Å². The average Bonchev–Trinajstić information content (AvgIpc) is 2.93. The molecule has 0 saturated carbocycles. The SMILES string of the molecule is CSc1nc(C(=O)NC[C@H]2CCOc3ccccc3C2)cs1. The summed E-state index contributed by atoms with van der Waals surface area (Å²) in [6.45, 7) is 1.35. The molecule has 4 nitrogen and oxygen atoms in total. The van der Waals surface area contributed by atoms with Crippen LogP contribution in [0.1, 0.15) is 22.5 Å². The number of benzene rings is 1. The number of carbonyl (C=O) groups excluding carboxylic acids is 1. The van der Waals surface area contributed by atoms with Crippen molar-refractivity contribution in [2.75, 3.05) is 19.4 Å².